The molecule has 1 aliphatic heterocycles. The molecule has 0 radical (unpaired) electrons. The van der Waals surface area contributed by atoms with Gasteiger partial charge in [0.05, 0.1) is 25.4 Å². The van der Waals surface area contributed by atoms with E-state index in [4.69, 9.17) is 32.7 Å². The number of amides is 16. The van der Waals surface area contributed by atoms with Crippen molar-refractivity contribution in [3.8, 4) is 0 Å². The third kappa shape index (κ3) is 44.2. The molecule has 0 saturated carbocycles. The average molecular weight is 1820 g/mol. The lowest BCUT2D eigenvalue weighted by Gasteiger charge is -2.30. The summed E-state index contributed by atoms with van der Waals surface area (Å²) in [7, 11) is -5.71. The Bertz CT molecular complexity index is 3850. The molecule has 1 aromatic rings. The molecule has 716 valence electrons. The molecule has 13 atom stereocenters. The van der Waals surface area contributed by atoms with E-state index >= 15 is 28.0 Å². The van der Waals surface area contributed by atoms with Crippen LogP contribution in [0.3, 0.4) is 0 Å². The van der Waals surface area contributed by atoms with Gasteiger partial charge in [-0.05, 0) is 187 Å². The average Bonchev–Trinajstić information content (AvgIpc) is 0.786. The molecule has 18 N–H and O–H groups in total. The number of carbonyl (C=O) groups excluding carboxylic acids is 16. The van der Waals surface area contributed by atoms with E-state index in [1.54, 1.807) is 119 Å². The molecule has 1 aromatic carbocycles. The number of halogens is 2. The molecule has 0 spiro atoms. The summed E-state index contributed by atoms with van der Waals surface area (Å²) in [5, 5.41) is 61.2. The molecule has 1 saturated heterocycles. The molecule has 45 heteroatoms. The third-order valence-corrected chi connectivity index (χ3v) is 19.2. The fraction of sp³-hybridized carbons (Fsp3) is 0.728. The Morgan fingerprint density at radius 3 is 1.25 bits per heavy atom. The Hall–Kier alpha value is -10.3. The Morgan fingerprint density at radius 2 is 0.849 bits per heavy atom. The quantitative estimate of drug-likeness (QED) is 0.0259. The number of alkyl carbamates (subject to hydrolysis) is 5. The molecule has 16 amide bonds. The number of hydrogen-bond donors (Lipinski definition) is 18. The summed E-state index contributed by atoms with van der Waals surface area (Å²) >= 11 is 0. The Balaban J connectivity index is 3.17. The van der Waals surface area contributed by atoms with E-state index in [0.717, 1.165) is 13.8 Å². The first kappa shape index (κ1) is 112. The normalized spacial score (nSPS) is 20.0. The van der Waals surface area contributed by atoms with Crippen LogP contribution in [0.5, 0.6) is 0 Å². The van der Waals surface area contributed by atoms with Gasteiger partial charge in [-0.15, -0.1) is 0 Å². The molecule has 2 unspecified atom stereocenters. The van der Waals surface area contributed by atoms with Crippen LogP contribution in [0.2, 0.25) is 0 Å². The minimum atomic E-state index is -5.71. The van der Waals surface area contributed by atoms with Gasteiger partial charge < -0.3 is 128 Å². The molecular weight excluding hydrogens is 1680 g/mol. The van der Waals surface area contributed by atoms with E-state index < -0.39 is 300 Å². The Kier molecular flexibility index (Phi) is 46.2. The van der Waals surface area contributed by atoms with Crippen LogP contribution in [0.15, 0.2) is 30.3 Å². The van der Waals surface area contributed by atoms with Crippen molar-refractivity contribution in [1.29, 1.82) is 0 Å². The minimum absolute atomic E-state index is 0.0263. The Labute approximate surface area is 734 Å². The first-order valence-corrected chi connectivity index (χ1v) is 43.6. The van der Waals surface area contributed by atoms with Gasteiger partial charge in [0.1, 0.15) is 88.4 Å². The number of benzene rings is 1. The highest BCUT2D eigenvalue weighted by atomic mass is 31.2. The fourth-order valence-corrected chi connectivity index (χ4v) is 12.8. The SMILES string of the molecule is CCCCOP(=O)(OCCC)C(F)(F)C(=O)N[C@@H](CCNC(=O)OC(C)(C)C)C(=O)N[C@H](C(=O)N[C@@H](CCNC(=O)OC(C)(C)C)C(=O)N[C@H]1CCNC(=O)[C@H]([C@H](C)O)NC(=O)[C@H](CCNC(=O)OC(C)(C)C)NC(=O)[C@H](CCNC(=O)OC(C)(C)C)NC(=O)[C@H](CC(C)C)NC(=O)[C@@H](Cc2ccccc2)NC(=O)[C@H](CCNC(=O)OC(C)(C)C)NC1=O)C(C)O. The van der Waals surface area contributed by atoms with Gasteiger partial charge in [0.25, 0.3) is 0 Å². The smallest absolute Gasteiger partial charge is 0.421 e. The number of nitrogens with one attached hydrogen (secondary N) is 16. The van der Waals surface area contributed by atoms with Crippen molar-refractivity contribution in [2.75, 3.05) is 52.5 Å². The molecule has 1 fully saturated rings. The maximum absolute atomic E-state index is 16.4. The number of aliphatic hydroxyl groups excluding tert-OH is 2. The summed E-state index contributed by atoms with van der Waals surface area (Å²) in [4.78, 5) is 229. The van der Waals surface area contributed by atoms with E-state index in [2.05, 4.69) is 79.8 Å². The molecular formula is C81H137F2N16O26P. The van der Waals surface area contributed by atoms with Crippen LogP contribution in [0, 0.1) is 5.92 Å². The maximum atomic E-state index is 16.4. The van der Waals surface area contributed by atoms with Crippen molar-refractivity contribution in [3.05, 3.63) is 35.9 Å². The van der Waals surface area contributed by atoms with E-state index in [9.17, 15) is 72.3 Å². The molecule has 1 aliphatic rings. The summed E-state index contributed by atoms with van der Waals surface area (Å²) in [5.74, 6) is -15.2. The van der Waals surface area contributed by atoms with Gasteiger partial charge in [-0.3, -0.25) is 57.3 Å². The highest BCUT2D eigenvalue weighted by molar-refractivity contribution is 7.56. The van der Waals surface area contributed by atoms with E-state index in [-0.39, 0.29) is 32.2 Å². The van der Waals surface area contributed by atoms with Gasteiger partial charge >= 0.3 is 49.6 Å². The number of rotatable bonds is 37. The molecule has 126 heavy (non-hydrogen) atoms. The second-order valence-electron chi connectivity index (χ2n) is 35.5. The van der Waals surface area contributed by atoms with Crippen LogP contribution in [0.4, 0.5) is 32.8 Å². The number of carbonyl (C=O) groups is 16. The van der Waals surface area contributed by atoms with E-state index in [0.29, 0.717) is 12.0 Å². The minimum Gasteiger partial charge on any atom is -0.444 e. The predicted octanol–water partition coefficient (Wildman–Crippen LogP) is 3.01. The maximum Gasteiger partial charge on any atom is 0.421 e. The summed E-state index contributed by atoms with van der Waals surface area (Å²) in [5.41, 5.74) is -9.89. The highest BCUT2D eigenvalue weighted by Gasteiger charge is 2.60. The zero-order chi connectivity index (χ0) is 96.1. The Morgan fingerprint density at radius 1 is 0.468 bits per heavy atom. The standard InChI is InChI=1S/C81H137F2N16O26P/c1-22-24-43-120-126(118,119-42-23-2)81(82,83)70(112)97-55(35-41-89-75(117)125-80(19,20)21)65(107)99-59(48(6)101)69(111)94-53(33-39-87-73(115)123-78(13,14)15)62(104)90-50-30-36-84-68(110)58(47(5)100)98-64(106)54(34-40-88-74(116)124-79(16,17)18)92-61(103)51(31-37-85-71(113)121-76(7,8)9)93-66(108)56(44-46(3)4)95-67(109)57(45-49-28-26-25-27-29-49)96-63(105)52(91-60(50)102)32-38-86-72(114)122-77(10,11)12/h25-29,46-48,50-59,100-101H,22-24,30-45H2,1-21H3,(H,84,110)(H,85,113)(H,86,114)(H,87,115)(H,88,116)(H,89,117)(H,90,104)(H,91,102)(H,92,103)(H,93,108)(H,94,111)(H,95,109)(H,96,105)(H,97,112)(H,98,106)(H,99,107)/t47-,48?,50-,51-,52-,53-,54-,55-,56-,57+,58-,59-,126?/m0/s1. The molecule has 42 nitrogen and oxygen atoms in total. The number of aliphatic hydroxyl groups is 2. The van der Waals surface area contributed by atoms with E-state index in [1.165, 1.54) is 48.5 Å². The summed E-state index contributed by atoms with van der Waals surface area (Å²) in [6, 6.07) is -11.1. The zero-order valence-electron chi connectivity index (χ0n) is 76.2. The van der Waals surface area contributed by atoms with Crippen LogP contribution in [0.25, 0.3) is 0 Å². The van der Waals surface area contributed by atoms with Crippen LogP contribution in [-0.4, -0.2) is 264 Å². The summed E-state index contributed by atoms with van der Waals surface area (Å²) in [6.07, 6.45) is -12.7. The summed E-state index contributed by atoms with van der Waals surface area (Å²) in [6.45, 7) is 27.4. The monoisotopic (exact) mass is 1820 g/mol. The van der Waals surface area contributed by atoms with Gasteiger partial charge in [0, 0.05) is 45.7 Å². The van der Waals surface area contributed by atoms with Gasteiger partial charge in [-0.2, -0.15) is 8.78 Å². The molecule has 0 bridgehead atoms. The van der Waals surface area contributed by atoms with Gasteiger partial charge in [0.2, 0.25) is 59.1 Å². The van der Waals surface area contributed by atoms with Gasteiger partial charge in [-0.1, -0.05) is 64.4 Å². The number of ether oxygens (including phenoxy) is 5. The topological polar surface area (TPSA) is 588 Å². The lowest BCUT2D eigenvalue weighted by Crippen LogP contribution is -2.62. The van der Waals surface area contributed by atoms with Crippen molar-refractivity contribution in [1.82, 2.24) is 85.1 Å². The van der Waals surface area contributed by atoms with Crippen LogP contribution < -0.4 is 85.1 Å². The third-order valence-electron chi connectivity index (χ3n) is 17.2. The highest BCUT2D eigenvalue weighted by Crippen LogP contribution is 2.62. The second-order valence-corrected chi connectivity index (χ2v) is 37.5. The van der Waals surface area contributed by atoms with Crippen molar-refractivity contribution < 1.29 is 133 Å². The number of unbranched alkanes of at least 4 members (excludes halogenated alkanes) is 1. The number of hydrogen-bond acceptors (Lipinski definition) is 26. The van der Waals surface area contributed by atoms with Crippen molar-refractivity contribution in [2.45, 2.75) is 322 Å². The lowest BCUT2D eigenvalue weighted by molar-refractivity contribution is -0.142. The second kappa shape index (κ2) is 52.1. The van der Waals surface area contributed by atoms with Gasteiger partial charge in [-0.25, -0.2) is 24.0 Å². The van der Waals surface area contributed by atoms with Crippen molar-refractivity contribution in [2.24, 2.45) is 5.92 Å². The first-order chi connectivity index (χ1) is 58.2. The molecule has 1 heterocycles. The lowest BCUT2D eigenvalue weighted by atomic mass is 10.00. The largest absolute Gasteiger partial charge is 0.444 e. The van der Waals surface area contributed by atoms with Crippen LogP contribution in [-0.2, 0) is 96.5 Å². The zero-order valence-corrected chi connectivity index (χ0v) is 77.1. The molecule has 0 aromatic heterocycles. The van der Waals surface area contributed by atoms with Crippen molar-refractivity contribution >= 4 is 103 Å². The van der Waals surface area contributed by atoms with Crippen LogP contribution in [0.1, 0.15) is 215 Å². The first-order valence-electron chi connectivity index (χ1n) is 42.0. The number of alkyl halides is 2. The predicted molar refractivity (Wildman–Crippen MR) is 454 cm³/mol. The fourth-order valence-electron chi connectivity index (χ4n) is 11.3. The summed E-state index contributed by atoms with van der Waals surface area (Å²) < 4.78 is 83.4. The van der Waals surface area contributed by atoms with Crippen LogP contribution >= 0.6 is 7.60 Å². The van der Waals surface area contributed by atoms with Gasteiger partial charge in [0.15, 0.2) is 0 Å². The van der Waals surface area contributed by atoms with E-state index in [1.807, 2.05) is 0 Å². The molecule has 0 aliphatic carbocycles. The van der Waals surface area contributed by atoms with Crippen molar-refractivity contribution in [3.63, 3.8) is 0 Å². The molecule has 2 rings (SSSR count).